The van der Waals surface area contributed by atoms with Gasteiger partial charge in [-0.2, -0.15) is 4.98 Å². The van der Waals surface area contributed by atoms with Crippen LogP contribution in [0.5, 0.6) is 0 Å². The number of hydrogen-bond donors (Lipinski definition) is 5. The number of anilines is 1. The number of aromatic amines is 1. The van der Waals surface area contributed by atoms with E-state index in [1.54, 1.807) is 0 Å². The third kappa shape index (κ3) is 3.86. The molecule has 0 fully saturated rings. The lowest BCUT2D eigenvalue weighted by molar-refractivity contribution is -0.0117. The number of H-pyrrole nitrogens is 1. The van der Waals surface area contributed by atoms with Crippen molar-refractivity contribution in [3.05, 3.63) is 16.7 Å². The topological polar surface area (TPSA) is 177 Å². The molecule has 0 aromatic carbocycles. The molecule has 0 spiro atoms. The van der Waals surface area contributed by atoms with Gasteiger partial charge in [0, 0.05) is 0 Å². The Kier molecular flexibility index (Phi) is 4.40. The van der Waals surface area contributed by atoms with E-state index >= 15 is 0 Å². The quantitative estimate of drug-likeness (QED) is 0.385. The highest BCUT2D eigenvalue weighted by Gasteiger charge is 2.22. The Labute approximate surface area is 117 Å². The molecule has 116 valence electrons. The van der Waals surface area contributed by atoms with Crippen molar-refractivity contribution in [2.75, 3.05) is 18.5 Å². The Balaban J connectivity index is 2.17. The van der Waals surface area contributed by atoms with E-state index in [-0.39, 0.29) is 23.8 Å². The van der Waals surface area contributed by atoms with E-state index in [0.29, 0.717) is 0 Å². The van der Waals surface area contributed by atoms with E-state index in [2.05, 4.69) is 15.0 Å². The molecule has 0 aliphatic carbocycles. The number of hydrogen-bond acceptors (Lipinski definition) is 7. The van der Waals surface area contributed by atoms with Crippen molar-refractivity contribution in [2.45, 2.75) is 12.8 Å². The van der Waals surface area contributed by atoms with Crippen LogP contribution in [0, 0.1) is 0 Å². The number of fused-ring (bicyclic) bond motifs is 1. The number of ether oxygens (including phenoxy) is 1. The van der Waals surface area contributed by atoms with Crippen molar-refractivity contribution >= 4 is 24.7 Å². The van der Waals surface area contributed by atoms with Crippen LogP contribution in [0.15, 0.2) is 11.1 Å². The van der Waals surface area contributed by atoms with Gasteiger partial charge in [0.2, 0.25) is 5.95 Å². The van der Waals surface area contributed by atoms with Crippen molar-refractivity contribution in [1.82, 2.24) is 19.5 Å². The zero-order valence-corrected chi connectivity index (χ0v) is 11.6. The highest BCUT2D eigenvalue weighted by atomic mass is 31.2. The standard InChI is InChI=1S/C9H14N5O6P/c10-9-12-7-6(8(16)13-9)11-3-14(7)4-20-5(1-15)2-21(17,18)19/h3,5,15H,1-2,4H2,(H2,17,18,19)(H3,10,12,13,16)/t5-/m0/s1. The summed E-state index contributed by atoms with van der Waals surface area (Å²) in [5.41, 5.74) is 5.15. The fraction of sp³-hybridized carbons (Fsp3) is 0.444. The molecular weight excluding hydrogens is 305 g/mol. The molecule has 6 N–H and O–H groups in total. The molecule has 0 saturated carbocycles. The molecule has 0 saturated heterocycles. The predicted octanol–water partition coefficient (Wildman–Crippen LogP) is -1.79. The van der Waals surface area contributed by atoms with Crippen LogP contribution >= 0.6 is 7.60 Å². The molecule has 1 atom stereocenters. The molecule has 0 bridgehead atoms. The third-order valence-electron chi connectivity index (χ3n) is 2.59. The van der Waals surface area contributed by atoms with Gasteiger partial charge in [0.25, 0.3) is 5.56 Å². The van der Waals surface area contributed by atoms with Gasteiger partial charge in [-0.3, -0.25) is 18.9 Å². The van der Waals surface area contributed by atoms with Crippen LogP contribution in [-0.4, -0.2) is 53.3 Å². The van der Waals surface area contributed by atoms with Crippen LogP contribution in [0.25, 0.3) is 11.2 Å². The monoisotopic (exact) mass is 319 g/mol. The van der Waals surface area contributed by atoms with E-state index in [4.69, 9.17) is 25.4 Å². The number of aliphatic hydroxyl groups excluding tert-OH is 1. The van der Waals surface area contributed by atoms with Gasteiger partial charge in [0.05, 0.1) is 25.2 Å². The maximum Gasteiger partial charge on any atom is 0.328 e. The zero-order valence-electron chi connectivity index (χ0n) is 10.7. The maximum absolute atomic E-state index is 11.6. The smallest absolute Gasteiger partial charge is 0.328 e. The number of nitrogens with zero attached hydrogens (tertiary/aromatic N) is 3. The van der Waals surface area contributed by atoms with Gasteiger partial charge >= 0.3 is 7.60 Å². The highest BCUT2D eigenvalue weighted by Crippen LogP contribution is 2.35. The van der Waals surface area contributed by atoms with Crippen LogP contribution in [0.3, 0.4) is 0 Å². The molecule has 2 rings (SSSR count). The summed E-state index contributed by atoms with van der Waals surface area (Å²) in [6.45, 7) is -0.758. The Bertz CT molecular complexity index is 736. The summed E-state index contributed by atoms with van der Waals surface area (Å²) < 4.78 is 17.4. The molecule has 11 nitrogen and oxygen atoms in total. The summed E-state index contributed by atoms with van der Waals surface area (Å²) >= 11 is 0. The maximum atomic E-state index is 11.6. The second kappa shape index (κ2) is 5.92. The van der Waals surface area contributed by atoms with E-state index in [9.17, 15) is 9.36 Å². The molecule has 0 radical (unpaired) electrons. The first kappa shape index (κ1) is 15.6. The molecule has 2 aromatic heterocycles. The van der Waals surface area contributed by atoms with E-state index in [0.717, 1.165) is 0 Å². The largest absolute Gasteiger partial charge is 0.394 e. The Morgan fingerprint density at radius 3 is 2.86 bits per heavy atom. The van der Waals surface area contributed by atoms with Gasteiger partial charge in [-0.1, -0.05) is 0 Å². The molecule has 21 heavy (non-hydrogen) atoms. The molecule has 2 heterocycles. The molecule has 2 aromatic rings. The van der Waals surface area contributed by atoms with E-state index in [1.165, 1.54) is 10.9 Å². The summed E-state index contributed by atoms with van der Waals surface area (Å²) in [6.07, 6.45) is -0.396. The van der Waals surface area contributed by atoms with Crippen molar-refractivity contribution in [2.24, 2.45) is 0 Å². The van der Waals surface area contributed by atoms with Crippen molar-refractivity contribution in [1.29, 1.82) is 0 Å². The van der Waals surface area contributed by atoms with Gasteiger partial charge < -0.3 is 25.4 Å². The Morgan fingerprint density at radius 2 is 2.24 bits per heavy atom. The molecule has 0 unspecified atom stereocenters. The minimum absolute atomic E-state index is 0.0586. The number of imidazole rings is 1. The summed E-state index contributed by atoms with van der Waals surface area (Å²) in [6, 6.07) is 0. The van der Waals surface area contributed by atoms with Crippen molar-refractivity contribution in [3.63, 3.8) is 0 Å². The average Bonchev–Trinajstić information content (AvgIpc) is 2.76. The summed E-state index contributed by atoms with van der Waals surface area (Å²) in [5.74, 6) is -0.0943. The molecule has 0 aliphatic heterocycles. The number of aliphatic hydroxyl groups is 1. The number of nitrogen functional groups attached to an aromatic ring is 1. The van der Waals surface area contributed by atoms with Crippen LogP contribution in [0.2, 0.25) is 0 Å². The Hall–Kier alpha value is -1.78. The highest BCUT2D eigenvalue weighted by molar-refractivity contribution is 7.51. The van der Waals surface area contributed by atoms with Crippen LogP contribution in [0.4, 0.5) is 5.95 Å². The minimum Gasteiger partial charge on any atom is -0.394 e. The lowest BCUT2D eigenvalue weighted by Gasteiger charge is -2.16. The van der Waals surface area contributed by atoms with Crippen molar-refractivity contribution < 1.29 is 24.2 Å². The van der Waals surface area contributed by atoms with Crippen LogP contribution in [-0.2, 0) is 16.0 Å². The van der Waals surface area contributed by atoms with Gasteiger partial charge in [0.15, 0.2) is 11.2 Å². The number of aromatic nitrogens is 4. The summed E-state index contributed by atoms with van der Waals surface area (Å²) in [4.78, 5) is 39.3. The average molecular weight is 319 g/mol. The lowest BCUT2D eigenvalue weighted by Crippen LogP contribution is -2.23. The Morgan fingerprint density at radius 1 is 1.52 bits per heavy atom. The predicted molar refractivity (Wildman–Crippen MR) is 71.4 cm³/mol. The van der Waals surface area contributed by atoms with E-state index in [1.807, 2.05) is 0 Å². The van der Waals surface area contributed by atoms with Crippen LogP contribution in [0.1, 0.15) is 0 Å². The van der Waals surface area contributed by atoms with Crippen molar-refractivity contribution in [3.8, 4) is 0 Å². The number of nitrogens with two attached hydrogens (primary N) is 1. The second-order valence-electron chi connectivity index (χ2n) is 4.29. The van der Waals surface area contributed by atoms with Gasteiger partial charge in [-0.15, -0.1) is 0 Å². The lowest BCUT2D eigenvalue weighted by atomic mass is 10.4. The van der Waals surface area contributed by atoms with Crippen LogP contribution < -0.4 is 11.3 Å². The summed E-state index contributed by atoms with van der Waals surface area (Å²) in [7, 11) is -4.31. The second-order valence-corrected chi connectivity index (χ2v) is 5.98. The molecule has 12 heteroatoms. The first-order chi connectivity index (χ1) is 9.80. The fourth-order valence-electron chi connectivity index (χ4n) is 1.68. The molecule has 0 amide bonds. The number of rotatable bonds is 6. The first-order valence-corrected chi connectivity index (χ1v) is 7.57. The number of nitrogens with one attached hydrogen (secondary N) is 1. The van der Waals surface area contributed by atoms with Gasteiger partial charge in [-0.05, 0) is 0 Å². The summed E-state index contributed by atoms with van der Waals surface area (Å²) in [5, 5.41) is 9.04. The SMILES string of the molecule is Nc1nc2c(ncn2CO[C@@H](CO)CP(=O)(O)O)c(=O)[nH]1. The molecule has 0 aliphatic rings. The van der Waals surface area contributed by atoms with Gasteiger partial charge in [-0.25, -0.2) is 4.98 Å². The van der Waals surface area contributed by atoms with E-state index < -0.39 is 32.0 Å². The van der Waals surface area contributed by atoms with Gasteiger partial charge in [0.1, 0.15) is 6.73 Å². The zero-order chi connectivity index (χ0) is 15.6. The normalized spacial score (nSPS) is 13.7. The first-order valence-electron chi connectivity index (χ1n) is 5.78. The minimum atomic E-state index is -4.31. The fourth-order valence-corrected chi connectivity index (χ4v) is 2.43. The third-order valence-corrected chi connectivity index (χ3v) is 3.47. The molecular formula is C9H14N5O6P.